The number of fused-ring (bicyclic) bond motifs is 3. The van der Waals surface area contributed by atoms with Crippen molar-refractivity contribution in [2.45, 2.75) is 64.2 Å². The van der Waals surface area contributed by atoms with E-state index in [9.17, 15) is 14.4 Å². The Balaban J connectivity index is 1.33. The van der Waals surface area contributed by atoms with E-state index < -0.39 is 29.8 Å². The van der Waals surface area contributed by atoms with Crippen molar-refractivity contribution in [1.29, 1.82) is 0 Å². The van der Waals surface area contributed by atoms with Crippen LogP contribution in [0.15, 0.2) is 78.9 Å². The number of amides is 2. The minimum atomic E-state index is -0.803. The maximum atomic E-state index is 13.2. The summed E-state index contributed by atoms with van der Waals surface area (Å²) < 4.78 is 16.5. The van der Waals surface area contributed by atoms with Crippen molar-refractivity contribution in [1.82, 2.24) is 4.90 Å². The van der Waals surface area contributed by atoms with Gasteiger partial charge in [0.2, 0.25) is 0 Å². The quantitative estimate of drug-likeness (QED) is 0.174. The number of hydrogen-bond donors (Lipinski definition) is 1. The highest BCUT2D eigenvalue weighted by Gasteiger charge is 2.32. The van der Waals surface area contributed by atoms with Crippen molar-refractivity contribution in [3.63, 3.8) is 0 Å². The number of rotatable bonds is 10. The van der Waals surface area contributed by atoms with Gasteiger partial charge in [0, 0.05) is 12.5 Å². The van der Waals surface area contributed by atoms with Crippen molar-refractivity contribution >= 4 is 18.2 Å². The Morgan fingerprint density at radius 3 is 2.00 bits per heavy atom. The van der Waals surface area contributed by atoms with Gasteiger partial charge in [-0.3, -0.25) is 4.79 Å². The molecule has 0 fully saturated rings. The molecule has 0 saturated carbocycles. The van der Waals surface area contributed by atoms with Gasteiger partial charge in [0.05, 0.1) is 0 Å². The highest BCUT2D eigenvalue weighted by Crippen LogP contribution is 2.44. The lowest BCUT2D eigenvalue weighted by Gasteiger charge is -2.26. The zero-order valence-corrected chi connectivity index (χ0v) is 23.9. The number of esters is 1. The number of unbranched alkanes of at least 4 members (excludes halogenated alkanes) is 1. The van der Waals surface area contributed by atoms with Crippen molar-refractivity contribution in [3.8, 4) is 11.1 Å². The van der Waals surface area contributed by atoms with Crippen LogP contribution in [0.25, 0.3) is 11.1 Å². The molecule has 2 amide bonds. The van der Waals surface area contributed by atoms with Crippen LogP contribution >= 0.6 is 0 Å². The molecule has 3 aromatic carbocycles. The number of nitrogens with two attached hydrogens (primary N) is 1. The van der Waals surface area contributed by atoms with Crippen LogP contribution in [0, 0.1) is 0 Å². The van der Waals surface area contributed by atoms with E-state index in [0.717, 1.165) is 32.7 Å². The zero-order chi connectivity index (χ0) is 29.4. The van der Waals surface area contributed by atoms with Gasteiger partial charge in [-0.05, 0) is 67.9 Å². The molecular formula is C33H38N2O6. The van der Waals surface area contributed by atoms with E-state index in [1.165, 1.54) is 0 Å². The molecule has 1 aliphatic carbocycles. The summed E-state index contributed by atoms with van der Waals surface area (Å²) in [6.45, 7) is 5.52. The highest BCUT2D eigenvalue weighted by molar-refractivity contribution is 5.88. The van der Waals surface area contributed by atoms with Gasteiger partial charge >= 0.3 is 18.2 Å². The molecule has 0 saturated heterocycles. The van der Waals surface area contributed by atoms with Crippen molar-refractivity contribution in [2.24, 2.45) is 5.73 Å². The Hall–Kier alpha value is -4.17. The van der Waals surface area contributed by atoms with E-state index in [0.29, 0.717) is 19.3 Å². The lowest BCUT2D eigenvalue weighted by atomic mass is 9.98. The second-order valence-corrected chi connectivity index (χ2v) is 11.1. The average Bonchev–Trinajstić information content (AvgIpc) is 3.27. The number of benzene rings is 3. The summed E-state index contributed by atoms with van der Waals surface area (Å²) in [4.78, 5) is 39.4. The fourth-order valence-electron chi connectivity index (χ4n) is 4.83. The Labute approximate surface area is 241 Å². The van der Waals surface area contributed by atoms with Gasteiger partial charge in [-0.1, -0.05) is 78.9 Å². The second-order valence-electron chi connectivity index (χ2n) is 11.1. The number of nitrogens with zero attached hydrogens (tertiary/aromatic N) is 1. The van der Waals surface area contributed by atoms with Gasteiger partial charge in [0.25, 0.3) is 0 Å². The van der Waals surface area contributed by atoms with Crippen molar-refractivity contribution < 1.29 is 28.6 Å². The number of ether oxygens (including phenoxy) is 3. The lowest BCUT2D eigenvalue weighted by molar-refractivity contribution is -0.146. The van der Waals surface area contributed by atoms with Crippen LogP contribution < -0.4 is 5.73 Å². The largest absolute Gasteiger partial charge is 0.460 e. The first-order valence-corrected chi connectivity index (χ1v) is 14.0. The SMILES string of the molecule is CC(C)(C)OC(=O)N(CCCCC(N)C(=O)OCc1ccccc1)C(=O)OCC1c2ccccc2-c2ccccc21. The van der Waals surface area contributed by atoms with Crippen LogP contribution in [0.1, 0.15) is 62.6 Å². The smallest absolute Gasteiger partial charge is 0.419 e. The Kier molecular flexibility index (Phi) is 9.78. The van der Waals surface area contributed by atoms with E-state index >= 15 is 0 Å². The van der Waals surface area contributed by atoms with Gasteiger partial charge in [0.1, 0.15) is 24.9 Å². The Morgan fingerprint density at radius 2 is 1.39 bits per heavy atom. The van der Waals surface area contributed by atoms with E-state index in [1.54, 1.807) is 20.8 Å². The van der Waals surface area contributed by atoms with E-state index in [-0.39, 0.29) is 25.7 Å². The predicted octanol–water partition coefficient (Wildman–Crippen LogP) is 6.41. The van der Waals surface area contributed by atoms with E-state index in [1.807, 2.05) is 66.7 Å². The summed E-state index contributed by atoms with van der Waals surface area (Å²) in [6.07, 6.45) is -0.282. The maximum absolute atomic E-state index is 13.2. The molecule has 1 aliphatic rings. The van der Waals surface area contributed by atoms with Crippen LogP contribution in [0.3, 0.4) is 0 Å². The van der Waals surface area contributed by atoms with Gasteiger partial charge < -0.3 is 19.9 Å². The van der Waals surface area contributed by atoms with Gasteiger partial charge in [-0.2, -0.15) is 0 Å². The molecule has 4 rings (SSSR count). The highest BCUT2D eigenvalue weighted by atomic mass is 16.6. The average molecular weight is 559 g/mol. The molecule has 0 aromatic heterocycles. The molecule has 8 nitrogen and oxygen atoms in total. The maximum Gasteiger partial charge on any atom is 0.419 e. The van der Waals surface area contributed by atoms with E-state index in [2.05, 4.69) is 12.1 Å². The van der Waals surface area contributed by atoms with Crippen LogP contribution in [-0.2, 0) is 25.6 Å². The summed E-state index contributed by atoms with van der Waals surface area (Å²) in [5.74, 6) is -0.624. The molecule has 0 bridgehead atoms. The monoisotopic (exact) mass is 558 g/mol. The Bertz CT molecular complexity index is 1310. The molecule has 41 heavy (non-hydrogen) atoms. The van der Waals surface area contributed by atoms with Crippen LogP contribution in [0.2, 0.25) is 0 Å². The number of hydrogen-bond acceptors (Lipinski definition) is 7. The third-order valence-corrected chi connectivity index (χ3v) is 6.84. The first-order chi connectivity index (χ1) is 19.6. The standard InChI is InChI=1S/C33H38N2O6/c1-33(2,3)41-32(38)35(20-12-11-19-29(34)30(36)39-21-23-13-5-4-6-14-23)31(37)40-22-28-26-17-9-7-15-24(26)25-16-8-10-18-27(25)28/h4-10,13-18,28-29H,11-12,19-22,34H2,1-3H3. The number of imide groups is 1. The first kappa shape index (κ1) is 29.8. The second kappa shape index (κ2) is 13.5. The molecule has 1 unspecified atom stereocenters. The van der Waals surface area contributed by atoms with Crippen LogP contribution in [0.5, 0.6) is 0 Å². The molecule has 216 valence electrons. The minimum Gasteiger partial charge on any atom is -0.460 e. The summed E-state index contributed by atoms with van der Waals surface area (Å²) in [5.41, 5.74) is 10.5. The predicted molar refractivity (Wildman–Crippen MR) is 156 cm³/mol. The van der Waals surface area contributed by atoms with Gasteiger partial charge in [-0.15, -0.1) is 0 Å². The number of carbonyl (C=O) groups is 3. The van der Waals surface area contributed by atoms with Gasteiger partial charge in [0.15, 0.2) is 0 Å². The summed E-state index contributed by atoms with van der Waals surface area (Å²) in [6, 6.07) is 24.7. The molecule has 0 spiro atoms. The van der Waals surface area contributed by atoms with Gasteiger partial charge in [-0.25, -0.2) is 14.5 Å². The topological polar surface area (TPSA) is 108 Å². The fraction of sp³-hybridized carbons (Fsp3) is 0.364. The molecular weight excluding hydrogens is 520 g/mol. The summed E-state index contributed by atoms with van der Waals surface area (Å²) in [7, 11) is 0. The first-order valence-electron chi connectivity index (χ1n) is 14.0. The van der Waals surface area contributed by atoms with Crippen molar-refractivity contribution in [3.05, 3.63) is 95.6 Å². The molecule has 0 heterocycles. The molecule has 0 aliphatic heterocycles. The summed E-state index contributed by atoms with van der Waals surface area (Å²) in [5, 5.41) is 0. The number of carbonyl (C=O) groups excluding carboxylic acids is 3. The normalized spacial score (nSPS) is 13.1. The zero-order valence-electron chi connectivity index (χ0n) is 23.9. The minimum absolute atomic E-state index is 0.0668. The molecule has 2 N–H and O–H groups in total. The molecule has 8 heteroatoms. The van der Waals surface area contributed by atoms with Crippen molar-refractivity contribution in [2.75, 3.05) is 13.2 Å². The summed E-state index contributed by atoms with van der Waals surface area (Å²) >= 11 is 0. The Morgan fingerprint density at radius 1 is 0.805 bits per heavy atom. The third kappa shape index (κ3) is 7.95. The van der Waals surface area contributed by atoms with Crippen LogP contribution in [-0.4, -0.2) is 47.9 Å². The lowest BCUT2D eigenvalue weighted by Crippen LogP contribution is -2.42. The van der Waals surface area contributed by atoms with E-state index in [4.69, 9.17) is 19.9 Å². The third-order valence-electron chi connectivity index (χ3n) is 6.84. The molecule has 0 radical (unpaired) electrons. The molecule has 3 aromatic rings. The fourth-order valence-corrected chi connectivity index (χ4v) is 4.83. The molecule has 1 atom stereocenters. The van der Waals surface area contributed by atoms with Crippen LogP contribution in [0.4, 0.5) is 9.59 Å².